The number of hydrogen-bond acceptors (Lipinski definition) is 5. The zero-order valence-corrected chi connectivity index (χ0v) is 9.34. The van der Waals surface area contributed by atoms with Gasteiger partial charge in [-0.1, -0.05) is 11.8 Å². The van der Waals surface area contributed by atoms with Gasteiger partial charge in [0.05, 0.1) is 4.90 Å². The van der Waals surface area contributed by atoms with Gasteiger partial charge in [0.1, 0.15) is 22.5 Å². The molecule has 1 heterocycles. The number of aromatic nitrogens is 2. The minimum Gasteiger partial charge on any atom is -0.383 e. The lowest BCUT2D eigenvalue weighted by atomic mass is 10.3. The van der Waals surface area contributed by atoms with Crippen molar-refractivity contribution in [1.82, 2.24) is 9.97 Å². The van der Waals surface area contributed by atoms with Crippen LogP contribution in [0.3, 0.4) is 0 Å². The first kappa shape index (κ1) is 11.6. The summed E-state index contributed by atoms with van der Waals surface area (Å²) in [6.07, 6.45) is 0. The largest absolute Gasteiger partial charge is 0.383 e. The first-order chi connectivity index (χ1) is 8.04. The van der Waals surface area contributed by atoms with Crippen LogP contribution in [0.4, 0.5) is 20.5 Å². The second kappa shape index (κ2) is 4.54. The molecule has 0 saturated heterocycles. The van der Waals surface area contributed by atoms with Gasteiger partial charge in [0, 0.05) is 6.07 Å². The minimum absolute atomic E-state index is 0.00990. The van der Waals surface area contributed by atoms with Crippen LogP contribution in [0.25, 0.3) is 0 Å². The summed E-state index contributed by atoms with van der Waals surface area (Å²) in [4.78, 5) is 7.65. The predicted octanol–water partition coefficient (Wildman–Crippen LogP) is 2.07. The molecule has 17 heavy (non-hydrogen) atoms. The lowest BCUT2D eigenvalue weighted by Crippen LogP contribution is -2.00. The van der Waals surface area contributed by atoms with E-state index in [0.29, 0.717) is 5.03 Å². The Hall–Kier alpha value is -1.89. The molecule has 0 saturated carbocycles. The van der Waals surface area contributed by atoms with Gasteiger partial charge in [0.2, 0.25) is 5.95 Å². The Labute approximate surface area is 100 Å². The number of nitrogens with zero attached hydrogens (tertiary/aromatic N) is 2. The highest BCUT2D eigenvalue weighted by Gasteiger charge is 2.08. The maximum Gasteiger partial charge on any atom is 0.223 e. The third-order valence-electron chi connectivity index (χ3n) is 1.85. The quantitative estimate of drug-likeness (QED) is 0.802. The van der Waals surface area contributed by atoms with Crippen LogP contribution in [0.15, 0.2) is 34.2 Å². The monoisotopic (exact) mass is 254 g/mol. The van der Waals surface area contributed by atoms with Crippen molar-refractivity contribution in [2.75, 3.05) is 11.5 Å². The molecule has 1 aromatic heterocycles. The van der Waals surface area contributed by atoms with E-state index in [4.69, 9.17) is 11.5 Å². The number of anilines is 2. The third-order valence-corrected chi connectivity index (χ3v) is 2.80. The summed E-state index contributed by atoms with van der Waals surface area (Å²) in [7, 11) is 0. The van der Waals surface area contributed by atoms with Gasteiger partial charge in [0.15, 0.2) is 0 Å². The van der Waals surface area contributed by atoms with Crippen molar-refractivity contribution < 1.29 is 8.78 Å². The van der Waals surface area contributed by atoms with Crippen molar-refractivity contribution in [2.45, 2.75) is 9.92 Å². The molecule has 7 heteroatoms. The van der Waals surface area contributed by atoms with Crippen molar-refractivity contribution in [1.29, 1.82) is 0 Å². The van der Waals surface area contributed by atoms with E-state index in [1.54, 1.807) is 0 Å². The number of benzene rings is 1. The van der Waals surface area contributed by atoms with Gasteiger partial charge in [0.25, 0.3) is 0 Å². The number of nitrogen functional groups attached to an aromatic ring is 2. The van der Waals surface area contributed by atoms with Crippen LogP contribution in [0.5, 0.6) is 0 Å². The molecule has 1 aromatic carbocycles. The Morgan fingerprint density at radius 3 is 2.53 bits per heavy atom. The maximum absolute atomic E-state index is 13.4. The zero-order chi connectivity index (χ0) is 12.4. The summed E-state index contributed by atoms with van der Waals surface area (Å²) < 4.78 is 26.3. The molecule has 88 valence electrons. The predicted molar refractivity (Wildman–Crippen MR) is 61.3 cm³/mol. The standard InChI is InChI=1S/C10H8F2N4S/c11-5-1-2-6(12)7(3-5)17-9-4-8(13)15-10(14)16-9/h1-4H,(H4,13,14,15,16). The molecule has 2 aromatic rings. The lowest BCUT2D eigenvalue weighted by molar-refractivity contribution is 0.577. The summed E-state index contributed by atoms with van der Waals surface area (Å²) in [5.41, 5.74) is 10.9. The SMILES string of the molecule is Nc1cc(Sc2cc(F)ccc2F)nc(N)n1. The molecular weight excluding hydrogens is 246 g/mol. The smallest absolute Gasteiger partial charge is 0.223 e. The summed E-state index contributed by atoms with van der Waals surface area (Å²) >= 11 is 0.931. The summed E-state index contributed by atoms with van der Waals surface area (Å²) in [5, 5.41) is 0.361. The van der Waals surface area contributed by atoms with Crippen LogP contribution in [-0.2, 0) is 0 Å². The molecule has 4 N–H and O–H groups in total. The van der Waals surface area contributed by atoms with E-state index in [0.717, 1.165) is 30.0 Å². The number of nitrogens with two attached hydrogens (primary N) is 2. The highest BCUT2D eigenvalue weighted by atomic mass is 32.2. The molecule has 0 atom stereocenters. The Kier molecular flexibility index (Phi) is 3.10. The molecule has 0 aliphatic carbocycles. The molecule has 0 aliphatic rings. The van der Waals surface area contributed by atoms with Gasteiger partial charge in [-0.3, -0.25) is 0 Å². The fraction of sp³-hybridized carbons (Fsp3) is 0. The van der Waals surface area contributed by atoms with E-state index < -0.39 is 11.6 Å². The molecule has 0 fully saturated rings. The molecule has 0 spiro atoms. The average molecular weight is 254 g/mol. The highest BCUT2D eigenvalue weighted by Crippen LogP contribution is 2.29. The molecule has 0 aliphatic heterocycles. The molecule has 0 unspecified atom stereocenters. The van der Waals surface area contributed by atoms with Crippen LogP contribution in [0, 0.1) is 11.6 Å². The number of halogens is 2. The molecule has 4 nitrogen and oxygen atoms in total. The van der Waals surface area contributed by atoms with E-state index >= 15 is 0 Å². The van der Waals surface area contributed by atoms with E-state index in [1.807, 2.05) is 0 Å². The fourth-order valence-corrected chi connectivity index (χ4v) is 2.06. The van der Waals surface area contributed by atoms with Crippen LogP contribution in [0.1, 0.15) is 0 Å². The highest BCUT2D eigenvalue weighted by molar-refractivity contribution is 7.99. The van der Waals surface area contributed by atoms with Gasteiger partial charge in [-0.25, -0.2) is 13.8 Å². The average Bonchev–Trinajstić information content (AvgIpc) is 2.22. The van der Waals surface area contributed by atoms with E-state index in [2.05, 4.69) is 9.97 Å². The third kappa shape index (κ3) is 2.82. The van der Waals surface area contributed by atoms with Crippen molar-refractivity contribution >= 4 is 23.5 Å². The fourth-order valence-electron chi connectivity index (χ4n) is 1.18. The molecule has 2 rings (SSSR count). The first-order valence-corrected chi connectivity index (χ1v) is 5.39. The molecule has 0 bridgehead atoms. The molecule has 0 radical (unpaired) electrons. The second-order valence-corrected chi connectivity index (χ2v) is 4.23. The Morgan fingerprint density at radius 1 is 1.06 bits per heavy atom. The molecular formula is C10H8F2N4S. The Morgan fingerprint density at radius 2 is 1.82 bits per heavy atom. The second-order valence-electron chi connectivity index (χ2n) is 3.17. The van der Waals surface area contributed by atoms with Gasteiger partial charge in [-0.05, 0) is 18.2 Å². The number of hydrogen-bond donors (Lipinski definition) is 2. The van der Waals surface area contributed by atoms with Crippen molar-refractivity contribution in [3.8, 4) is 0 Å². The molecule has 0 amide bonds. The lowest BCUT2D eigenvalue weighted by Gasteiger charge is -2.04. The van der Waals surface area contributed by atoms with E-state index in [1.165, 1.54) is 6.07 Å². The van der Waals surface area contributed by atoms with Crippen LogP contribution < -0.4 is 11.5 Å². The summed E-state index contributed by atoms with van der Waals surface area (Å²) in [6.45, 7) is 0. The van der Waals surface area contributed by atoms with Gasteiger partial charge >= 0.3 is 0 Å². The van der Waals surface area contributed by atoms with Gasteiger partial charge in [-0.2, -0.15) is 4.98 Å². The van der Waals surface area contributed by atoms with E-state index in [-0.39, 0.29) is 16.7 Å². The van der Waals surface area contributed by atoms with Crippen LogP contribution in [0.2, 0.25) is 0 Å². The maximum atomic E-state index is 13.4. The summed E-state index contributed by atoms with van der Waals surface area (Å²) in [6, 6.07) is 4.60. The topological polar surface area (TPSA) is 77.8 Å². The van der Waals surface area contributed by atoms with Crippen molar-refractivity contribution in [3.63, 3.8) is 0 Å². The first-order valence-electron chi connectivity index (χ1n) is 4.57. The Bertz CT molecular complexity index is 542. The van der Waals surface area contributed by atoms with E-state index in [9.17, 15) is 8.78 Å². The van der Waals surface area contributed by atoms with Crippen LogP contribution in [-0.4, -0.2) is 9.97 Å². The number of rotatable bonds is 2. The van der Waals surface area contributed by atoms with Crippen molar-refractivity contribution in [3.05, 3.63) is 35.9 Å². The minimum atomic E-state index is -0.535. The Balaban J connectivity index is 2.34. The van der Waals surface area contributed by atoms with Gasteiger partial charge in [-0.15, -0.1) is 0 Å². The van der Waals surface area contributed by atoms with Gasteiger partial charge < -0.3 is 11.5 Å². The van der Waals surface area contributed by atoms with Crippen LogP contribution >= 0.6 is 11.8 Å². The van der Waals surface area contributed by atoms with Crippen molar-refractivity contribution in [2.24, 2.45) is 0 Å². The summed E-state index contributed by atoms with van der Waals surface area (Å²) in [5.74, 6) is -0.892. The zero-order valence-electron chi connectivity index (χ0n) is 8.52. The normalized spacial score (nSPS) is 10.5.